The van der Waals surface area contributed by atoms with E-state index >= 15 is 0 Å². The standard InChI is InChI=1S/C26H26N2O4S/c1-16(24(30)28-21-14-8-6-12-19(21)18-10-4-3-5-11-18)32-26(31)23-20-13-7-9-15-22(20)33-25(23)27-17(2)29/h3-6,8,10-12,14,16H,7,9,13,15H2,1-2H3,(H,27,29)(H,28,30). The first kappa shape index (κ1) is 22.7. The topological polar surface area (TPSA) is 84.5 Å². The number of thiophene rings is 1. The molecule has 0 bridgehead atoms. The zero-order chi connectivity index (χ0) is 23.4. The largest absolute Gasteiger partial charge is 0.449 e. The van der Waals surface area contributed by atoms with Crippen molar-refractivity contribution < 1.29 is 19.1 Å². The molecule has 4 rings (SSSR count). The highest BCUT2D eigenvalue weighted by Gasteiger charge is 2.29. The molecule has 1 unspecified atom stereocenters. The molecule has 2 amide bonds. The van der Waals surface area contributed by atoms with E-state index < -0.39 is 18.0 Å². The number of nitrogens with one attached hydrogen (secondary N) is 2. The van der Waals surface area contributed by atoms with Gasteiger partial charge in [0.1, 0.15) is 5.00 Å². The van der Waals surface area contributed by atoms with Crippen LogP contribution in [-0.4, -0.2) is 23.9 Å². The Morgan fingerprint density at radius 1 is 0.939 bits per heavy atom. The van der Waals surface area contributed by atoms with Gasteiger partial charge in [-0.05, 0) is 49.8 Å². The Morgan fingerprint density at radius 2 is 1.64 bits per heavy atom. The van der Waals surface area contributed by atoms with Crippen molar-refractivity contribution >= 4 is 39.8 Å². The molecular formula is C26H26N2O4S. The first-order valence-corrected chi connectivity index (χ1v) is 11.8. The van der Waals surface area contributed by atoms with Crippen LogP contribution in [0, 0.1) is 0 Å². The maximum Gasteiger partial charge on any atom is 0.342 e. The molecule has 2 N–H and O–H groups in total. The van der Waals surface area contributed by atoms with E-state index in [9.17, 15) is 14.4 Å². The summed E-state index contributed by atoms with van der Waals surface area (Å²) < 4.78 is 5.57. The quantitative estimate of drug-likeness (QED) is 0.478. The molecule has 7 heteroatoms. The average molecular weight is 463 g/mol. The second kappa shape index (κ2) is 10.0. The number of hydrogen-bond donors (Lipinski definition) is 2. The van der Waals surface area contributed by atoms with Gasteiger partial charge < -0.3 is 15.4 Å². The molecule has 0 radical (unpaired) electrons. The number of benzene rings is 2. The third-order valence-electron chi connectivity index (χ3n) is 5.59. The van der Waals surface area contributed by atoms with Gasteiger partial charge in [0.05, 0.1) is 5.56 Å². The smallest absolute Gasteiger partial charge is 0.342 e. The SMILES string of the molecule is CC(=O)Nc1sc2c(c1C(=O)OC(C)C(=O)Nc1ccccc1-c1ccccc1)CCCC2. The van der Waals surface area contributed by atoms with Gasteiger partial charge in [-0.15, -0.1) is 11.3 Å². The molecule has 6 nitrogen and oxygen atoms in total. The van der Waals surface area contributed by atoms with Gasteiger partial charge in [-0.25, -0.2) is 4.79 Å². The third-order valence-corrected chi connectivity index (χ3v) is 6.79. The van der Waals surface area contributed by atoms with E-state index in [-0.39, 0.29) is 5.91 Å². The summed E-state index contributed by atoms with van der Waals surface area (Å²) >= 11 is 1.42. The number of anilines is 2. The molecule has 0 saturated carbocycles. The summed E-state index contributed by atoms with van der Waals surface area (Å²) in [5.74, 6) is -1.25. The second-order valence-electron chi connectivity index (χ2n) is 8.04. The molecule has 2 aromatic carbocycles. The monoisotopic (exact) mass is 462 g/mol. The molecule has 170 valence electrons. The maximum atomic E-state index is 13.1. The Bertz CT molecular complexity index is 1190. The van der Waals surface area contributed by atoms with Gasteiger partial charge in [-0.1, -0.05) is 48.5 Å². The lowest BCUT2D eigenvalue weighted by Gasteiger charge is -2.17. The fraction of sp³-hybridized carbons (Fsp3) is 0.269. The van der Waals surface area contributed by atoms with Crippen LogP contribution in [-0.2, 0) is 27.2 Å². The van der Waals surface area contributed by atoms with E-state index in [1.165, 1.54) is 18.3 Å². The molecule has 0 spiro atoms. The number of amides is 2. The minimum Gasteiger partial charge on any atom is -0.449 e. The van der Waals surface area contributed by atoms with Crippen molar-refractivity contribution in [3.05, 3.63) is 70.6 Å². The summed E-state index contributed by atoms with van der Waals surface area (Å²) in [6.07, 6.45) is 2.68. The zero-order valence-electron chi connectivity index (χ0n) is 18.6. The van der Waals surface area contributed by atoms with Crippen LogP contribution in [0.25, 0.3) is 11.1 Å². The predicted molar refractivity (Wildman–Crippen MR) is 131 cm³/mol. The molecule has 0 fully saturated rings. The van der Waals surface area contributed by atoms with Crippen molar-refractivity contribution in [3.8, 4) is 11.1 Å². The van der Waals surface area contributed by atoms with Gasteiger partial charge in [0.2, 0.25) is 5.91 Å². The third kappa shape index (κ3) is 5.14. The summed E-state index contributed by atoms with van der Waals surface area (Å²) in [5, 5.41) is 6.14. The van der Waals surface area contributed by atoms with Crippen molar-refractivity contribution in [2.24, 2.45) is 0 Å². The Morgan fingerprint density at radius 3 is 2.39 bits per heavy atom. The fourth-order valence-electron chi connectivity index (χ4n) is 4.00. The van der Waals surface area contributed by atoms with Crippen LogP contribution in [0.2, 0.25) is 0 Å². The number of carbonyl (C=O) groups excluding carboxylic acids is 3. The number of carbonyl (C=O) groups is 3. The summed E-state index contributed by atoms with van der Waals surface area (Å²) in [4.78, 5) is 38.8. The molecule has 1 aromatic heterocycles. The highest BCUT2D eigenvalue weighted by molar-refractivity contribution is 7.17. The van der Waals surface area contributed by atoms with Crippen molar-refractivity contribution in [2.45, 2.75) is 45.6 Å². The van der Waals surface area contributed by atoms with Gasteiger partial charge in [0.15, 0.2) is 6.10 Å². The lowest BCUT2D eigenvalue weighted by Crippen LogP contribution is -2.30. The maximum absolute atomic E-state index is 13.1. The summed E-state index contributed by atoms with van der Waals surface area (Å²) in [7, 11) is 0. The van der Waals surface area contributed by atoms with E-state index in [1.54, 1.807) is 6.92 Å². The van der Waals surface area contributed by atoms with Gasteiger partial charge in [-0.2, -0.15) is 0 Å². The van der Waals surface area contributed by atoms with E-state index in [1.807, 2.05) is 54.6 Å². The number of fused-ring (bicyclic) bond motifs is 1. The van der Waals surface area contributed by atoms with Crippen molar-refractivity contribution in [1.82, 2.24) is 0 Å². The van der Waals surface area contributed by atoms with Crippen LogP contribution >= 0.6 is 11.3 Å². The Kier molecular flexibility index (Phi) is 6.89. The molecule has 1 aliphatic carbocycles. The van der Waals surface area contributed by atoms with E-state index in [0.29, 0.717) is 16.3 Å². The highest BCUT2D eigenvalue weighted by Crippen LogP contribution is 2.38. The van der Waals surface area contributed by atoms with Crippen LogP contribution in [0.5, 0.6) is 0 Å². The Hall–Kier alpha value is -3.45. The normalized spacial score (nSPS) is 13.5. The molecule has 0 saturated heterocycles. The number of hydrogen-bond acceptors (Lipinski definition) is 5. The molecular weight excluding hydrogens is 436 g/mol. The van der Waals surface area contributed by atoms with Crippen LogP contribution < -0.4 is 10.6 Å². The minimum atomic E-state index is -1.01. The second-order valence-corrected chi connectivity index (χ2v) is 9.15. The minimum absolute atomic E-state index is 0.244. The molecule has 33 heavy (non-hydrogen) atoms. The van der Waals surface area contributed by atoms with Crippen LogP contribution in [0.1, 0.15) is 47.5 Å². The Balaban J connectivity index is 1.51. The number of esters is 1. The molecule has 0 aliphatic heterocycles. The van der Waals surface area contributed by atoms with E-state index in [0.717, 1.165) is 47.3 Å². The molecule has 3 aromatic rings. The van der Waals surface area contributed by atoms with E-state index in [4.69, 9.17) is 4.74 Å². The van der Waals surface area contributed by atoms with Crippen LogP contribution in [0.3, 0.4) is 0 Å². The zero-order valence-corrected chi connectivity index (χ0v) is 19.5. The lowest BCUT2D eigenvalue weighted by atomic mass is 9.95. The van der Waals surface area contributed by atoms with Crippen molar-refractivity contribution in [2.75, 3.05) is 10.6 Å². The molecule has 1 aliphatic rings. The highest BCUT2D eigenvalue weighted by atomic mass is 32.1. The summed E-state index contributed by atoms with van der Waals surface area (Å²) in [5.41, 5.74) is 3.81. The summed E-state index contributed by atoms with van der Waals surface area (Å²) in [6.45, 7) is 2.96. The van der Waals surface area contributed by atoms with Gasteiger partial charge >= 0.3 is 5.97 Å². The first-order chi connectivity index (χ1) is 15.9. The Labute approximate surface area is 197 Å². The number of para-hydroxylation sites is 1. The van der Waals surface area contributed by atoms with Gasteiger partial charge in [0, 0.05) is 23.1 Å². The molecule has 1 heterocycles. The van der Waals surface area contributed by atoms with Gasteiger partial charge in [0.25, 0.3) is 5.91 Å². The van der Waals surface area contributed by atoms with Crippen LogP contribution in [0.4, 0.5) is 10.7 Å². The summed E-state index contributed by atoms with van der Waals surface area (Å²) in [6, 6.07) is 17.2. The first-order valence-electron chi connectivity index (χ1n) is 11.0. The van der Waals surface area contributed by atoms with Crippen molar-refractivity contribution in [3.63, 3.8) is 0 Å². The van der Waals surface area contributed by atoms with E-state index in [2.05, 4.69) is 10.6 Å². The van der Waals surface area contributed by atoms with Crippen molar-refractivity contribution in [1.29, 1.82) is 0 Å². The van der Waals surface area contributed by atoms with Crippen LogP contribution in [0.15, 0.2) is 54.6 Å². The van der Waals surface area contributed by atoms with Gasteiger partial charge in [-0.3, -0.25) is 9.59 Å². The number of rotatable bonds is 6. The number of aryl methyl sites for hydroxylation is 1. The predicted octanol–water partition coefficient (Wildman–Crippen LogP) is 5.44. The average Bonchev–Trinajstić information content (AvgIpc) is 3.17. The lowest BCUT2D eigenvalue weighted by molar-refractivity contribution is -0.123. The molecule has 1 atom stereocenters. The number of ether oxygens (including phenoxy) is 1. The fourth-order valence-corrected chi connectivity index (χ4v) is 5.32.